The first-order valence-corrected chi connectivity index (χ1v) is 8.25. The van der Waals surface area contributed by atoms with Crippen molar-refractivity contribution in [1.82, 2.24) is 9.97 Å². The number of fused-ring (bicyclic) bond motifs is 1. The second-order valence-electron chi connectivity index (χ2n) is 6.07. The van der Waals surface area contributed by atoms with E-state index in [1.165, 1.54) is 18.2 Å². The number of imidazole rings is 1. The number of benzene rings is 3. The number of carbonyl (C=O) groups excluding carboxylic acids is 1. The maximum absolute atomic E-state index is 14.0. The van der Waals surface area contributed by atoms with E-state index < -0.39 is 18.2 Å². The molecule has 0 fully saturated rings. The number of hydrogen-bond acceptors (Lipinski definition) is 3. The van der Waals surface area contributed by atoms with Crippen LogP contribution >= 0.6 is 0 Å². The lowest BCUT2D eigenvalue weighted by atomic mass is 10.0. The second-order valence-corrected chi connectivity index (χ2v) is 6.07. The first-order valence-electron chi connectivity index (χ1n) is 8.25. The van der Waals surface area contributed by atoms with Crippen LogP contribution < -0.4 is 0 Å². The fourth-order valence-electron chi connectivity index (χ4n) is 2.97. The Morgan fingerprint density at radius 1 is 0.963 bits per heavy atom. The minimum Gasteiger partial charge on any atom is -0.388 e. The van der Waals surface area contributed by atoms with Gasteiger partial charge >= 0.3 is 0 Å². The van der Waals surface area contributed by atoms with Gasteiger partial charge in [-0.05, 0) is 17.7 Å². The molecule has 0 atom stereocenters. The number of aliphatic hydroxyl groups excluding tert-OH is 1. The van der Waals surface area contributed by atoms with Crippen molar-refractivity contribution in [2.24, 2.45) is 0 Å². The molecule has 0 bridgehead atoms. The van der Waals surface area contributed by atoms with Crippen molar-refractivity contribution in [1.29, 1.82) is 0 Å². The number of Topliss-reactive ketones (excluding diaryl/α,β-unsaturated/α-hetero) is 1. The van der Waals surface area contributed by atoms with Crippen LogP contribution in [0.3, 0.4) is 0 Å². The molecule has 4 aromatic rings. The number of ketones is 1. The average molecular weight is 364 g/mol. The van der Waals surface area contributed by atoms with Crippen LogP contribution in [0.2, 0.25) is 0 Å². The molecule has 2 N–H and O–H groups in total. The predicted octanol–water partition coefficient (Wildman–Crippen LogP) is 4.35. The normalized spacial score (nSPS) is 11.1. The van der Waals surface area contributed by atoms with Crippen LogP contribution in [0.4, 0.5) is 8.78 Å². The number of aromatic amines is 1. The number of nitrogens with one attached hydrogen (secondary N) is 1. The van der Waals surface area contributed by atoms with Crippen LogP contribution in [0.5, 0.6) is 0 Å². The number of H-pyrrole nitrogens is 1. The van der Waals surface area contributed by atoms with Crippen LogP contribution in [-0.2, 0) is 0 Å². The van der Waals surface area contributed by atoms with Crippen LogP contribution in [-0.4, -0.2) is 27.5 Å². The summed E-state index contributed by atoms with van der Waals surface area (Å²) in [4.78, 5) is 19.0. The Balaban J connectivity index is 1.72. The summed E-state index contributed by atoms with van der Waals surface area (Å²) < 4.78 is 27.9. The van der Waals surface area contributed by atoms with Crippen molar-refractivity contribution in [2.45, 2.75) is 0 Å². The standard InChI is InChI=1S/C21H14F2N2O2/c22-16-4-2-1-3-14(16)12-5-7-13(8-6-12)21-24-18-9-15(20(27)11-26)17(23)10-19(18)25-21/h1-10,26H,11H2,(H,24,25). The van der Waals surface area contributed by atoms with Gasteiger partial charge in [-0.3, -0.25) is 4.79 Å². The molecule has 3 aromatic carbocycles. The summed E-state index contributed by atoms with van der Waals surface area (Å²) >= 11 is 0. The average Bonchev–Trinajstić information content (AvgIpc) is 3.10. The summed E-state index contributed by atoms with van der Waals surface area (Å²) in [5.74, 6) is -1.22. The fourth-order valence-corrected chi connectivity index (χ4v) is 2.97. The van der Waals surface area contributed by atoms with Crippen LogP contribution in [0.1, 0.15) is 10.4 Å². The van der Waals surface area contributed by atoms with Gasteiger partial charge in [-0.2, -0.15) is 0 Å². The van der Waals surface area contributed by atoms with Gasteiger partial charge in [0.1, 0.15) is 24.1 Å². The Morgan fingerprint density at radius 2 is 1.67 bits per heavy atom. The van der Waals surface area contributed by atoms with Crippen LogP contribution in [0, 0.1) is 11.6 Å². The van der Waals surface area contributed by atoms with E-state index in [4.69, 9.17) is 5.11 Å². The highest BCUT2D eigenvalue weighted by Crippen LogP contribution is 2.27. The molecule has 4 rings (SSSR count). The van der Waals surface area contributed by atoms with Crippen molar-refractivity contribution in [3.63, 3.8) is 0 Å². The van der Waals surface area contributed by atoms with Crippen molar-refractivity contribution < 1.29 is 18.7 Å². The molecule has 0 radical (unpaired) electrons. The highest BCUT2D eigenvalue weighted by molar-refractivity contribution is 6.00. The smallest absolute Gasteiger partial charge is 0.191 e. The summed E-state index contributed by atoms with van der Waals surface area (Å²) in [6.45, 7) is -0.767. The van der Waals surface area contributed by atoms with E-state index in [1.807, 2.05) is 0 Å². The lowest BCUT2D eigenvalue weighted by Gasteiger charge is -2.04. The SMILES string of the molecule is O=C(CO)c1cc2nc(-c3ccc(-c4ccccc4F)cc3)[nH]c2cc1F. The molecular formula is C21H14F2N2O2. The van der Waals surface area contributed by atoms with Gasteiger partial charge in [0.2, 0.25) is 0 Å². The number of aromatic nitrogens is 2. The third-order valence-electron chi connectivity index (χ3n) is 4.36. The van der Waals surface area contributed by atoms with E-state index in [1.54, 1.807) is 42.5 Å². The van der Waals surface area contributed by atoms with Gasteiger partial charge in [0.15, 0.2) is 5.78 Å². The Labute approximate surface area is 153 Å². The van der Waals surface area contributed by atoms with Crippen molar-refractivity contribution >= 4 is 16.8 Å². The molecule has 0 aliphatic heterocycles. The molecule has 27 heavy (non-hydrogen) atoms. The lowest BCUT2D eigenvalue weighted by Crippen LogP contribution is -2.06. The largest absolute Gasteiger partial charge is 0.388 e. The number of rotatable bonds is 4. The third-order valence-corrected chi connectivity index (χ3v) is 4.36. The molecule has 0 amide bonds. The number of carbonyl (C=O) groups is 1. The molecule has 1 aromatic heterocycles. The Kier molecular flexibility index (Phi) is 4.25. The van der Waals surface area contributed by atoms with E-state index >= 15 is 0 Å². The predicted molar refractivity (Wildman–Crippen MR) is 98.3 cm³/mol. The minimum atomic E-state index is -0.767. The lowest BCUT2D eigenvalue weighted by molar-refractivity contribution is 0.0900. The molecule has 4 nitrogen and oxygen atoms in total. The highest BCUT2D eigenvalue weighted by Gasteiger charge is 2.15. The van der Waals surface area contributed by atoms with Gasteiger partial charge in [0.25, 0.3) is 0 Å². The summed E-state index contributed by atoms with van der Waals surface area (Å²) in [5.41, 5.74) is 2.63. The number of hydrogen-bond donors (Lipinski definition) is 2. The van der Waals surface area contributed by atoms with Gasteiger partial charge in [-0.25, -0.2) is 13.8 Å². The van der Waals surface area contributed by atoms with Gasteiger partial charge < -0.3 is 10.1 Å². The van der Waals surface area contributed by atoms with Gasteiger partial charge in [-0.15, -0.1) is 0 Å². The Morgan fingerprint density at radius 3 is 2.37 bits per heavy atom. The third kappa shape index (κ3) is 3.11. The Bertz CT molecular complexity index is 1150. The molecule has 0 spiro atoms. The fraction of sp³-hybridized carbons (Fsp3) is 0.0476. The van der Waals surface area contributed by atoms with Gasteiger partial charge in [0, 0.05) is 17.2 Å². The van der Waals surface area contributed by atoms with E-state index in [2.05, 4.69) is 9.97 Å². The zero-order valence-corrected chi connectivity index (χ0v) is 14.0. The molecule has 6 heteroatoms. The summed E-state index contributed by atoms with van der Waals surface area (Å²) in [6, 6.07) is 16.1. The first kappa shape index (κ1) is 17.1. The van der Waals surface area contributed by atoms with E-state index in [-0.39, 0.29) is 11.4 Å². The van der Waals surface area contributed by atoms with Crippen molar-refractivity contribution in [2.75, 3.05) is 6.61 Å². The Hall–Kier alpha value is -3.38. The topological polar surface area (TPSA) is 66.0 Å². The van der Waals surface area contributed by atoms with Gasteiger partial charge in [-0.1, -0.05) is 42.5 Å². The zero-order chi connectivity index (χ0) is 19.0. The molecule has 0 unspecified atom stereocenters. The molecule has 0 aliphatic rings. The quantitative estimate of drug-likeness (QED) is 0.529. The summed E-state index contributed by atoms with van der Waals surface area (Å²) in [6.07, 6.45) is 0. The van der Waals surface area contributed by atoms with Crippen molar-refractivity contribution in [3.05, 3.63) is 77.9 Å². The van der Waals surface area contributed by atoms with Crippen LogP contribution in [0.15, 0.2) is 60.7 Å². The summed E-state index contributed by atoms with van der Waals surface area (Å²) in [7, 11) is 0. The number of halogens is 2. The molecule has 0 saturated heterocycles. The summed E-state index contributed by atoms with van der Waals surface area (Å²) in [5, 5.41) is 8.94. The number of nitrogens with zero attached hydrogens (tertiary/aromatic N) is 1. The molecule has 1 heterocycles. The van der Waals surface area contributed by atoms with Crippen molar-refractivity contribution in [3.8, 4) is 22.5 Å². The van der Waals surface area contributed by atoms with E-state index in [9.17, 15) is 13.6 Å². The molecule has 134 valence electrons. The van der Waals surface area contributed by atoms with E-state index in [0.29, 0.717) is 22.4 Å². The first-order chi connectivity index (χ1) is 13.1. The molecule has 0 aliphatic carbocycles. The highest BCUT2D eigenvalue weighted by atomic mass is 19.1. The van der Waals surface area contributed by atoms with E-state index in [0.717, 1.165) is 11.1 Å². The van der Waals surface area contributed by atoms with Gasteiger partial charge in [0.05, 0.1) is 16.6 Å². The monoisotopic (exact) mass is 364 g/mol. The van der Waals surface area contributed by atoms with Crippen LogP contribution in [0.25, 0.3) is 33.5 Å². The molecule has 0 saturated carbocycles. The second kappa shape index (κ2) is 6.74. The molecular weight excluding hydrogens is 350 g/mol. The zero-order valence-electron chi connectivity index (χ0n) is 14.0. The maximum atomic E-state index is 14.0. The maximum Gasteiger partial charge on any atom is 0.191 e. The number of aliphatic hydroxyl groups is 1. The minimum absolute atomic E-state index is 0.196.